The quantitative estimate of drug-likeness (QED) is 0.0708. The Morgan fingerprint density at radius 1 is 1.20 bits per heavy atom. The number of nitrogens with two attached hydrogens (primary N) is 2. The van der Waals surface area contributed by atoms with Gasteiger partial charge in [-0.15, -0.1) is 0 Å². The van der Waals surface area contributed by atoms with E-state index in [0.29, 0.717) is 0 Å². The molecule has 0 aliphatic carbocycles. The van der Waals surface area contributed by atoms with Gasteiger partial charge >= 0.3 is 19.5 Å². The number of aromatic nitrogens is 2. The number of phosphoric acid groups is 1. The second kappa shape index (κ2) is 16.4. The predicted octanol–water partition coefficient (Wildman–Crippen LogP) is -5.49. The maximum atomic E-state index is 13.0. The molecule has 3 amide bonds. The van der Waals surface area contributed by atoms with Gasteiger partial charge in [-0.05, 0) is 12.5 Å². The van der Waals surface area contributed by atoms with Crippen LogP contribution in [0.25, 0.3) is 0 Å². The van der Waals surface area contributed by atoms with Gasteiger partial charge in [0.1, 0.15) is 36.3 Å². The molecule has 1 unspecified atom stereocenters. The molecule has 2 saturated heterocycles. The first-order valence-corrected chi connectivity index (χ1v) is 16.1. The highest BCUT2D eigenvalue weighted by Gasteiger charge is 2.59. The third-order valence-electron chi connectivity index (χ3n) is 7.46. The molecule has 2 aliphatic heterocycles. The van der Waals surface area contributed by atoms with Crippen LogP contribution < -0.4 is 27.8 Å². The lowest BCUT2D eigenvalue weighted by atomic mass is 9.88. The maximum Gasteiger partial charge on any atom is 0.475 e. The zero-order valence-corrected chi connectivity index (χ0v) is 26.7. The fraction of sp³-hybridized carbons (Fsp3) is 0.680. The second-order valence-corrected chi connectivity index (χ2v) is 12.6. The number of amides is 3. The molecule has 0 spiro atoms. The van der Waals surface area contributed by atoms with Crippen LogP contribution in [0.2, 0.25) is 0 Å². The number of rotatable bonds is 16. The van der Waals surface area contributed by atoms with E-state index in [9.17, 15) is 64.1 Å². The first kappa shape index (κ1) is 39.8. The van der Waals surface area contributed by atoms with Crippen molar-refractivity contribution in [1.82, 2.24) is 20.2 Å². The Labute approximate surface area is 276 Å². The zero-order chi connectivity index (χ0) is 36.8. The van der Waals surface area contributed by atoms with Gasteiger partial charge in [0.15, 0.2) is 6.23 Å². The standard InChI is InChI=1S/C25H39N6O17P/c1-10(32)29-17-11(33)7-25(23(40)41,47-21(17)18(37)12(34)8-28-16(36)4-2-3-15(27)35)48-49(43,44)45-9-13-19(38)20(39)22(46-13)31-6-5-14(26)30-24(31)42/h5-6,11-13,17-22,33-34,37-39H,2-4,7-9H2,1H3,(H2,27,35)(H,28,36)(H,29,32)(H,40,41)(H,43,44)(H2,26,30,42)/t11-,12+,13+,17+,18+,19+,20+,21+,22+,25+/m0/s1. The van der Waals surface area contributed by atoms with Gasteiger partial charge in [0.05, 0.1) is 24.9 Å². The third-order valence-corrected chi connectivity index (χ3v) is 8.46. The summed E-state index contributed by atoms with van der Waals surface area (Å²) < 4.78 is 34.2. The molecule has 2 aliphatic rings. The summed E-state index contributed by atoms with van der Waals surface area (Å²) in [4.78, 5) is 73.3. The summed E-state index contributed by atoms with van der Waals surface area (Å²) in [7, 11) is -5.59. The average molecular weight is 727 g/mol. The van der Waals surface area contributed by atoms with Crippen molar-refractivity contribution in [3.05, 3.63) is 22.7 Å². The summed E-state index contributed by atoms with van der Waals surface area (Å²) in [5, 5.41) is 67.6. The molecule has 24 heteroatoms. The average Bonchev–Trinajstić information content (AvgIpc) is 3.27. The van der Waals surface area contributed by atoms with E-state index in [1.807, 2.05) is 0 Å². The van der Waals surface area contributed by atoms with Crippen LogP contribution in [0.3, 0.4) is 0 Å². The number of nitrogens with one attached hydrogen (secondary N) is 2. The van der Waals surface area contributed by atoms with Crippen LogP contribution in [-0.2, 0) is 42.3 Å². The van der Waals surface area contributed by atoms with E-state index >= 15 is 0 Å². The van der Waals surface area contributed by atoms with Crippen LogP contribution in [0.15, 0.2) is 17.1 Å². The Morgan fingerprint density at radius 3 is 2.47 bits per heavy atom. The van der Waals surface area contributed by atoms with Crippen molar-refractivity contribution in [2.45, 2.75) is 93.4 Å². The van der Waals surface area contributed by atoms with Crippen LogP contribution in [0.4, 0.5) is 5.82 Å². The van der Waals surface area contributed by atoms with Gasteiger partial charge in [0, 0.05) is 38.9 Å². The number of carbonyl (C=O) groups excluding carboxylic acids is 3. The lowest BCUT2D eigenvalue weighted by Crippen LogP contribution is -2.68. The summed E-state index contributed by atoms with van der Waals surface area (Å²) in [6, 6.07) is -0.437. The van der Waals surface area contributed by atoms with E-state index < -0.39 is 118 Å². The summed E-state index contributed by atoms with van der Waals surface area (Å²) in [6.45, 7) is -0.710. The summed E-state index contributed by atoms with van der Waals surface area (Å²) in [6.07, 6.45) is -15.2. The second-order valence-electron chi connectivity index (χ2n) is 11.3. The molecule has 23 nitrogen and oxygen atoms in total. The lowest BCUT2D eigenvalue weighted by Gasteiger charge is -2.46. The smallest absolute Gasteiger partial charge is 0.475 e. The van der Waals surface area contributed by atoms with Gasteiger partial charge in [-0.2, -0.15) is 4.98 Å². The molecule has 3 rings (SSSR count). The van der Waals surface area contributed by atoms with E-state index in [1.54, 1.807) is 0 Å². The van der Waals surface area contributed by atoms with Gasteiger partial charge in [0.2, 0.25) is 17.7 Å². The minimum absolute atomic E-state index is 0.0806. The number of carboxylic acid groups (broad SMARTS) is 1. The Morgan fingerprint density at radius 2 is 1.88 bits per heavy atom. The highest BCUT2D eigenvalue weighted by Crippen LogP contribution is 2.51. The molecule has 0 radical (unpaired) electrons. The van der Waals surface area contributed by atoms with Crippen molar-refractivity contribution in [3.63, 3.8) is 0 Å². The highest BCUT2D eigenvalue weighted by molar-refractivity contribution is 7.47. The van der Waals surface area contributed by atoms with E-state index in [2.05, 4.69) is 15.6 Å². The Kier molecular flexibility index (Phi) is 13.3. The molecule has 0 bridgehead atoms. The first-order chi connectivity index (χ1) is 22.8. The molecule has 49 heavy (non-hydrogen) atoms. The normalized spacial score (nSPS) is 30.9. The van der Waals surface area contributed by atoms with Crippen molar-refractivity contribution in [3.8, 4) is 0 Å². The molecule has 0 saturated carbocycles. The first-order valence-electron chi connectivity index (χ1n) is 14.6. The van der Waals surface area contributed by atoms with Crippen LogP contribution in [0.1, 0.15) is 38.8 Å². The number of phosphoric ester groups is 1. The van der Waals surface area contributed by atoms with Crippen molar-refractivity contribution >= 4 is 37.3 Å². The van der Waals surface area contributed by atoms with Crippen LogP contribution in [-0.4, -0.2) is 136 Å². The predicted molar refractivity (Wildman–Crippen MR) is 157 cm³/mol. The Hall–Kier alpha value is -3.61. The van der Waals surface area contributed by atoms with Crippen molar-refractivity contribution in [1.29, 1.82) is 0 Å². The van der Waals surface area contributed by atoms with E-state index in [-0.39, 0.29) is 25.1 Å². The van der Waals surface area contributed by atoms with E-state index in [0.717, 1.165) is 17.7 Å². The number of nitrogen functional groups attached to an aromatic ring is 1. The summed E-state index contributed by atoms with van der Waals surface area (Å²) in [5.41, 5.74) is 9.48. The van der Waals surface area contributed by atoms with Crippen LogP contribution in [0, 0.1) is 0 Å². The van der Waals surface area contributed by atoms with Crippen LogP contribution >= 0.6 is 7.82 Å². The number of carboxylic acids is 1. The van der Waals surface area contributed by atoms with Crippen molar-refractivity contribution < 1.29 is 77.8 Å². The number of aliphatic hydroxyl groups is 5. The Balaban J connectivity index is 1.75. The lowest BCUT2D eigenvalue weighted by molar-refractivity contribution is -0.288. The molecule has 276 valence electrons. The minimum atomic E-state index is -5.59. The molecule has 0 aromatic carbocycles. The van der Waals surface area contributed by atoms with Gasteiger partial charge in [-0.3, -0.25) is 23.5 Å². The number of hydrogen-bond donors (Lipinski definition) is 11. The topological polar surface area (TPSA) is 375 Å². The van der Waals surface area contributed by atoms with Crippen molar-refractivity contribution in [2.75, 3.05) is 18.9 Å². The molecule has 1 aromatic heterocycles. The monoisotopic (exact) mass is 726 g/mol. The fourth-order valence-corrected chi connectivity index (χ4v) is 6.02. The number of anilines is 1. The highest BCUT2D eigenvalue weighted by atomic mass is 31.2. The number of ether oxygens (including phenoxy) is 2. The number of aliphatic carboxylic acids is 1. The number of primary amides is 1. The molecular weight excluding hydrogens is 687 g/mol. The minimum Gasteiger partial charge on any atom is -0.477 e. The zero-order valence-electron chi connectivity index (χ0n) is 25.8. The third kappa shape index (κ3) is 10.2. The maximum absolute atomic E-state index is 13.0. The number of nitrogens with zero attached hydrogens (tertiary/aromatic N) is 2. The summed E-state index contributed by atoms with van der Waals surface area (Å²) >= 11 is 0. The van der Waals surface area contributed by atoms with Crippen LogP contribution in [0.5, 0.6) is 0 Å². The molecule has 13 N–H and O–H groups in total. The van der Waals surface area contributed by atoms with Gasteiger partial charge in [-0.25, -0.2) is 18.7 Å². The number of carbonyl (C=O) groups is 4. The SMILES string of the molecule is CC(=O)N[C@H]1[C@H]([C@H](O)[C@H](O)CNC(=O)CCCC(N)=O)O[C@](OP(=O)(O)OC[C@H]2O[C@@H](n3ccc(N)nc3=O)[C@H](O)[C@@H]2O)(C(=O)O)C[C@@H]1O. The number of aliphatic hydroxyl groups excluding tert-OH is 5. The molecular formula is C25H39N6O17P. The van der Waals surface area contributed by atoms with E-state index in [4.69, 9.17) is 30.0 Å². The van der Waals surface area contributed by atoms with Gasteiger partial charge in [0.25, 0.3) is 5.79 Å². The molecule has 3 heterocycles. The Bertz CT molecular complexity index is 1480. The molecule has 11 atom stereocenters. The summed E-state index contributed by atoms with van der Waals surface area (Å²) in [5.74, 6) is -7.66. The van der Waals surface area contributed by atoms with Gasteiger partial charge in [-0.1, -0.05) is 0 Å². The largest absolute Gasteiger partial charge is 0.477 e. The van der Waals surface area contributed by atoms with Crippen molar-refractivity contribution in [2.24, 2.45) is 5.73 Å². The number of hydrogen-bond acceptors (Lipinski definition) is 17. The van der Waals surface area contributed by atoms with Gasteiger partial charge < -0.3 is 67.1 Å². The molecule has 1 aromatic rings. The fourth-order valence-electron chi connectivity index (χ4n) is 5.06. The van der Waals surface area contributed by atoms with E-state index in [1.165, 1.54) is 6.07 Å². The molecule has 2 fully saturated rings.